The Balaban J connectivity index is 1.80. The second kappa shape index (κ2) is 7.30. The molecule has 4 rings (SSSR count). The summed E-state index contributed by atoms with van der Waals surface area (Å²) in [6.07, 6.45) is 3.37. The van der Waals surface area contributed by atoms with E-state index in [4.69, 9.17) is 16.3 Å². The van der Waals surface area contributed by atoms with Gasteiger partial charge in [-0.2, -0.15) is 9.61 Å². The molecule has 152 valence electrons. The van der Waals surface area contributed by atoms with Crippen LogP contribution in [0.1, 0.15) is 50.7 Å². The lowest BCUT2D eigenvalue weighted by atomic mass is 10.2. The Morgan fingerprint density at radius 1 is 1.34 bits per heavy atom. The van der Waals surface area contributed by atoms with Crippen LogP contribution in [0.2, 0.25) is 5.15 Å². The summed E-state index contributed by atoms with van der Waals surface area (Å²) in [6.45, 7) is 5.47. The first kappa shape index (κ1) is 19.6. The van der Waals surface area contributed by atoms with Crippen molar-refractivity contribution in [3.63, 3.8) is 0 Å². The zero-order chi connectivity index (χ0) is 20.8. The van der Waals surface area contributed by atoms with Crippen LogP contribution in [-0.2, 0) is 11.3 Å². The smallest absolute Gasteiger partial charge is 0.416 e. The monoisotopic (exact) mass is 416 g/mol. The van der Waals surface area contributed by atoms with Crippen molar-refractivity contribution in [1.82, 2.24) is 14.6 Å². The third-order valence-corrected chi connectivity index (χ3v) is 4.78. The molecule has 0 bridgehead atoms. The van der Waals surface area contributed by atoms with E-state index in [9.17, 15) is 9.18 Å². The van der Waals surface area contributed by atoms with Crippen molar-refractivity contribution in [1.29, 1.82) is 0 Å². The summed E-state index contributed by atoms with van der Waals surface area (Å²) < 4.78 is 20.9. The van der Waals surface area contributed by atoms with Crippen molar-refractivity contribution in [2.45, 2.75) is 51.7 Å². The van der Waals surface area contributed by atoms with Crippen LogP contribution < -0.4 is 4.90 Å². The first-order chi connectivity index (χ1) is 13.7. The molecule has 1 amide bonds. The van der Waals surface area contributed by atoms with E-state index < -0.39 is 11.7 Å². The Bertz CT molecular complexity index is 1070. The third kappa shape index (κ3) is 4.34. The van der Waals surface area contributed by atoms with Gasteiger partial charge in [-0.25, -0.2) is 14.2 Å². The number of fused-ring (bicyclic) bond motifs is 1. The van der Waals surface area contributed by atoms with Crippen LogP contribution in [0.25, 0.3) is 5.65 Å². The van der Waals surface area contributed by atoms with Crippen LogP contribution in [-0.4, -0.2) is 26.3 Å². The summed E-state index contributed by atoms with van der Waals surface area (Å²) in [5.74, 6) is 0.467. The minimum Gasteiger partial charge on any atom is -0.443 e. The zero-order valence-electron chi connectivity index (χ0n) is 16.5. The maximum atomic E-state index is 13.7. The molecule has 8 heteroatoms. The minimum absolute atomic E-state index is 0.0980. The average molecular weight is 417 g/mol. The van der Waals surface area contributed by atoms with E-state index in [2.05, 4.69) is 10.1 Å². The first-order valence-electron chi connectivity index (χ1n) is 9.50. The number of amides is 1. The normalized spacial score (nSPS) is 14.2. The lowest BCUT2D eigenvalue weighted by Crippen LogP contribution is -2.37. The zero-order valence-corrected chi connectivity index (χ0v) is 17.3. The molecule has 1 fully saturated rings. The third-order valence-electron chi connectivity index (χ3n) is 4.59. The fourth-order valence-corrected chi connectivity index (χ4v) is 3.36. The summed E-state index contributed by atoms with van der Waals surface area (Å²) in [4.78, 5) is 18.9. The molecule has 0 saturated heterocycles. The maximum absolute atomic E-state index is 13.7. The molecule has 1 aliphatic carbocycles. The number of hydrogen-bond acceptors (Lipinski definition) is 4. The van der Waals surface area contributed by atoms with Crippen molar-refractivity contribution in [2.75, 3.05) is 4.90 Å². The Kier molecular flexibility index (Phi) is 4.94. The van der Waals surface area contributed by atoms with Gasteiger partial charge in [-0.15, -0.1) is 0 Å². The summed E-state index contributed by atoms with van der Waals surface area (Å²) >= 11 is 6.30. The van der Waals surface area contributed by atoms with Crippen molar-refractivity contribution in [3.05, 3.63) is 58.6 Å². The van der Waals surface area contributed by atoms with Crippen molar-refractivity contribution < 1.29 is 13.9 Å². The lowest BCUT2D eigenvalue weighted by Gasteiger charge is -2.27. The SMILES string of the molecule is CC(C)(C)OC(=O)N(Cc1cccc(F)c1)c1cc(Cl)nc2c(C3CC3)cnn12. The van der Waals surface area contributed by atoms with Gasteiger partial charge in [-0.3, -0.25) is 4.90 Å². The molecule has 0 spiro atoms. The lowest BCUT2D eigenvalue weighted by molar-refractivity contribution is 0.0575. The fourth-order valence-electron chi connectivity index (χ4n) is 3.18. The molecule has 6 nitrogen and oxygen atoms in total. The topological polar surface area (TPSA) is 59.7 Å². The molecule has 1 aliphatic rings. The number of ether oxygens (including phenoxy) is 1. The number of halogens is 2. The standard InChI is InChI=1S/C21H22ClFN4O2/c1-21(2,3)29-20(28)26(12-13-5-4-6-15(23)9-13)18-10-17(22)25-19-16(14-7-8-14)11-24-27(18)19/h4-6,9-11,14H,7-8,12H2,1-3H3. The maximum Gasteiger partial charge on any atom is 0.416 e. The van der Waals surface area contributed by atoms with Crippen LogP contribution in [0, 0.1) is 5.82 Å². The van der Waals surface area contributed by atoms with Gasteiger partial charge < -0.3 is 4.74 Å². The first-order valence-corrected chi connectivity index (χ1v) is 9.88. The second-order valence-corrected chi connectivity index (χ2v) is 8.63. The molecule has 0 unspecified atom stereocenters. The molecule has 2 heterocycles. The number of aromatic nitrogens is 3. The molecule has 1 saturated carbocycles. The molecule has 3 aromatic rings. The second-order valence-electron chi connectivity index (χ2n) is 8.24. The van der Waals surface area contributed by atoms with E-state index in [0.717, 1.165) is 18.4 Å². The fraction of sp³-hybridized carbons (Fsp3) is 0.381. The number of hydrogen-bond donors (Lipinski definition) is 0. The van der Waals surface area contributed by atoms with Gasteiger partial charge in [0.25, 0.3) is 0 Å². The van der Waals surface area contributed by atoms with E-state index in [1.807, 2.05) is 0 Å². The summed E-state index contributed by atoms with van der Waals surface area (Å²) in [7, 11) is 0. The Morgan fingerprint density at radius 2 is 2.10 bits per heavy atom. The summed E-state index contributed by atoms with van der Waals surface area (Å²) in [6, 6.07) is 7.67. The number of carbonyl (C=O) groups excluding carboxylic acids is 1. The van der Waals surface area contributed by atoms with Gasteiger partial charge in [0.2, 0.25) is 0 Å². The molecule has 0 aliphatic heterocycles. The summed E-state index contributed by atoms with van der Waals surface area (Å²) in [5, 5.41) is 4.70. The highest BCUT2D eigenvalue weighted by Gasteiger charge is 2.31. The van der Waals surface area contributed by atoms with Gasteiger partial charge in [0.05, 0.1) is 12.7 Å². The largest absolute Gasteiger partial charge is 0.443 e. The van der Waals surface area contributed by atoms with Crippen LogP contribution >= 0.6 is 11.6 Å². The predicted octanol–water partition coefficient (Wildman–Crippen LogP) is 5.34. The number of rotatable bonds is 4. The van der Waals surface area contributed by atoms with Crippen LogP contribution in [0.4, 0.5) is 15.0 Å². The van der Waals surface area contributed by atoms with Crippen molar-refractivity contribution in [3.8, 4) is 0 Å². The molecule has 0 radical (unpaired) electrons. The quantitative estimate of drug-likeness (QED) is 0.538. The van der Waals surface area contributed by atoms with Crippen molar-refractivity contribution in [2.24, 2.45) is 0 Å². The number of anilines is 1. The molecule has 0 N–H and O–H groups in total. The highest BCUT2D eigenvalue weighted by molar-refractivity contribution is 6.29. The van der Waals surface area contributed by atoms with Crippen LogP contribution in [0.5, 0.6) is 0 Å². The molecule has 0 atom stereocenters. The van der Waals surface area contributed by atoms with E-state index >= 15 is 0 Å². The molecular weight excluding hydrogens is 395 g/mol. The van der Waals surface area contributed by atoms with Gasteiger partial charge in [-0.1, -0.05) is 23.7 Å². The van der Waals surface area contributed by atoms with Gasteiger partial charge in [0.15, 0.2) is 5.65 Å². The molecule has 2 aromatic heterocycles. The number of carbonyl (C=O) groups is 1. The van der Waals surface area contributed by atoms with Crippen molar-refractivity contribution >= 4 is 29.2 Å². The molecule has 29 heavy (non-hydrogen) atoms. The van der Waals surface area contributed by atoms with E-state index in [-0.39, 0.29) is 17.5 Å². The van der Waals surface area contributed by atoms with E-state index in [1.54, 1.807) is 49.7 Å². The highest BCUT2D eigenvalue weighted by Crippen LogP contribution is 2.42. The molecule has 1 aromatic carbocycles. The summed E-state index contributed by atoms with van der Waals surface area (Å²) in [5.41, 5.74) is 1.56. The highest BCUT2D eigenvalue weighted by atomic mass is 35.5. The average Bonchev–Trinajstić information content (AvgIpc) is 3.37. The minimum atomic E-state index is -0.698. The Labute approximate surface area is 173 Å². The van der Waals surface area contributed by atoms with E-state index in [1.165, 1.54) is 17.0 Å². The van der Waals surface area contributed by atoms with Gasteiger partial charge in [0.1, 0.15) is 22.4 Å². The number of benzene rings is 1. The Hall–Kier alpha value is -2.67. The van der Waals surface area contributed by atoms with E-state index in [0.29, 0.717) is 22.9 Å². The van der Waals surface area contributed by atoms with Crippen LogP contribution in [0.3, 0.4) is 0 Å². The Morgan fingerprint density at radius 3 is 2.76 bits per heavy atom. The predicted molar refractivity (Wildman–Crippen MR) is 109 cm³/mol. The van der Waals surface area contributed by atoms with Gasteiger partial charge in [-0.05, 0) is 57.2 Å². The van der Waals surface area contributed by atoms with Gasteiger partial charge in [0, 0.05) is 11.6 Å². The molecular formula is C21H22ClFN4O2. The number of nitrogens with zero attached hydrogens (tertiary/aromatic N) is 4. The van der Waals surface area contributed by atoms with Crippen LogP contribution in [0.15, 0.2) is 36.5 Å². The van der Waals surface area contributed by atoms with Gasteiger partial charge >= 0.3 is 6.09 Å².